The molecule has 5 heteroatoms. The molecule has 6 atom stereocenters. The van der Waals surface area contributed by atoms with Crippen LogP contribution in [-0.2, 0) is 9.53 Å². The van der Waals surface area contributed by atoms with Crippen molar-refractivity contribution >= 4 is 28.0 Å². The van der Waals surface area contributed by atoms with Gasteiger partial charge in [-0.2, -0.15) is 5.26 Å². The zero-order valence-corrected chi connectivity index (χ0v) is 19.5. The van der Waals surface area contributed by atoms with Crippen molar-refractivity contribution in [2.24, 2.45) is 29.6 Å². The van der Waals surface area contributed by atoms with Crippen molar-refractivity contribution in [1.29, 1.82) is 5.26 Å². The van der Waals surface area contributed by atoms with Gasteiger partial charge in [0.1, 0.15) is 6.10 Å². The van der Waals surface area contributed by atoms with E-state index >= 15 is 0 Å². The van der Waals surface area contributed by atoms with Gasteiger partial charge in [0.2, 0.25) is 0 Å². The van der Waals surface area contributed by atoms with Crippen molar-refractivity contribution in [3.63, 3.8) is 0 Å². The molecule has 0 radical (unpaired) electrons. The maximum atomic E-state index is 12.4. The van der Waals surface area contributed by atoms with E-state index in [1.165, 1.54) is 0 Å². The third-order valence-corrected chi connectivity index (χ3v) is 7.44. The molecule has 160 valence electrons. The van der Waals surface area contributed by atoms with E-state index in [1.54, 1.807) is 0 Å². The molecule has 0 N–H and O–H groups in total. The van der Waals surface area contributed by atoms with Crippen molar-refractivity contribution in [2.45, 2.75) is 32.8 Å². The molecule has 1 unspecified atom stereocenters. The van der Waals surface area contributed by atoms with Crippen LogP contribution in [0.5, 0.6) is 0 Å². The Morgan fingerprint density at radius 2 is 2.06 bits per heavy atom. The summed E-state index contributed by atoms with van der Waals surface area (Å²) < 4.78 is 5.63. The van der Waals surface area contributed by atoms with Crippen LogP contribution in [0.3, 0.4) is 0 Å². The normalized spacial score (nSPS) is 30.1. The van der Waals surface area contributed by atoms with E-state index in [0.717, 1.165) is 35.0 Å². The van der Waals surface area contributed by atoms with E-state index in [0.29, 0.717) is 17.4 Å². The first kappa shape index (κ1) is 21.8. The topological polar surface area (TPSA) is 63.0 Å². The summed E-state index contributed by atoms with van der Waals surface area (Å²) >= 11 is 3.62. The number of aromatic nitrogens is 1. The first-order valence-corrected chi connectivity index (χ1v) is 12.1. The number of benzene rings is 1. The quantitative estimate of drug-likeness (QED) is 0.398. The number of pyridine rings is 1. The zero-order valence-electron chi connectivity index (χ0n) is 17.9. The van der Waals surface area contributed by atoms with Gasteiger partial charge < -0.3 is 4.74 Å². The number of cyclic esters (lactones) is 1. The molecule has 1 aromatic heterocycles. The predicted molar refractivity (Wildman–Crippen MR) is 125 cm³/mol. The Bertz CT molecular complexity index is 1010. The number of nitriles is 1. The SMILES string of the molecule is C[C@H]1C[C@H]2C(=O)O[C@H](C)[C@H]2[C@@H](/C=C/c2ccc(-c3ccccc3C#N)cn2)C1CCBr. The Morgan fingerprint density at radius 1 is 1.26 bits per heavy atom. The highest BCUT2D eigenvalue weighted by Gasteiger charge is 2.52. The monoisotopic (exact) mass is 478 g/mol. The summed E-state index contributed by atoms with van der Waals surface area (Å²) in [5.74, 6) is 1.47. The lowest BCUT2D eigenvalue weighted by Crippen LogP contribution is -2.40. The van der Waals surface area contributed by atoms with Crippen molar-refractivity contribution in [1.82, 2.24) is 4.98 Å². The maximum Gasteiger partial charge on any atom is 0.309 e. The molecule has 31 heavy (non-hydrogen) atoms. The molecule has 4 nitrogen and oxygen atoms in total. The Hall–Kier alpha value is -2.45. The molecule has 1 saturated carbocycles. The smallest absolute Gasteiger partial charge is 0.309 e. The third kappa shape index (κ3) is 4.32. The average molecular weight is 479 g/mol. The Balaban J connectivity index is 1.59. The van der Waals surface area contributed by atoms with Crippen LogP contribution in [0.25, 0.3) is 17.2 Å². The Morgan fingerprint density at radius 3 is 2.77 bits per heavy atom. The van der Waals surface area contributed by atoms with Crippen LogP contribution in [0.15, 0.2) is 48.7 Å². The molecule has 0 spiro atoms. The summed E-state index contributed by atoms with van der Waals surface area (Å²) in [4.78, 5) is 17.0. The molecule has 2 heterocycles. The molecular formula is C26H27BrN2O2. The number of halogens is 1. The minimum atomic E-state index is -0.0460. The first-order chi connectivity index (χ1) is 15.0. The fraction of sp³-hybridized carbons (Fsp3) is 0.423. The van der Waals surface area contributed by atoms with Crippen LogP contribution in [0.2, 0.25) is 0 Å². The number of esters is 1. The van der Waals surface area contributed by atoms with Gasteiger partial charge in [-0.25, -0.2) is 0 Å². The molecule has 1 saturated heterocycles. The zero-order chi connectivity index (χ0) is 22.0. The molecule has 4 rings (SSSR count). The summed E-state index contributed by atoms with van der Waals surface area (Å²) in [6.45, 7) is 4.30. The van der Waals surface area contributed by atoms with Gasteiger partial charge in [0.15, 0.2) is 0 Å². The minimum absolute atomic E-state index is 0.00374. The maximum absolute atomic E-state index is 12.4. The number of fused-ring (bicyclic) bond motifs is 1. The fourth-order valence-corrected chi connectivity index (χ4v) is 6.02. The van der Waals surface area contributed by atoms with E-state index in [9.17, 15) is 10.1 Å². The highest BCUT2D eigenvalue weighted by molar-refractivity contribution is 9.09. The molecule has 1 aliphatic carbocycles. The van der Waals surface area contributed by atoms with Gasteiger partial charge in [0, 0.05) is 28.6 Å². The van der Waals surface area contributed by atoms with Crippen molar-refractivity contribution < 1.29 is 9.53 Å². The van der Waals surface area contributed by atoms with Gasteiger partial charge in [0.25, 0.3) is 0 Å². The van der Waals surface area contributed by atoms with Crippen molar-refractivity contribution in [3.05, 3.63) is 59.9 Å². The molecule has 2 fully saturated rings. The van der Waals surface area contributed by atoms with E-state index in [1.807, 2.05) is 49.5 Å². The van der Waals surface area contributed by atoms with Crippen LogP contribution >= 0.6 is 15.9 Å². The van der Waals surface area contributed by atoms with Gasteiger partial charge in [0.05, 0.1) is 23.2 Å². The number of rotatable bonds is 5. The number of carbonyl (C=O) groups is 1. The molecular weight excluding hydrogens is 452 g/mol. The summed E-state index contributed by atoms with van der Waals surface area (Å²) in [5.41, 5.74) is 3.35. The number of hydrogen-bond donors (Lipinski definition) is 0. The summed E-state index contributed by atoms with van der Waals surface area (Å²) in [6.07, 6.45) is 8.11. The van der Waals surface area contributed by atoms with E-state index in [2.05, 4.69) is 46.1 Å². The van der Waals surface area contributed by atoms with E-state index in [4.69, 9.17) is 4.74 Å². The van der Waals surface area contributed by atoms with Crippen LogP contribution < -0.4 is 0 Å². The Labute approximate surface area is 192 Å². The molecule has 1 aromatic carbocycles. The third-order valence-electron chi connectivity index (χ3n) is 6.98. The van der Waals surface area contributed by atoms with Gasteiger partial charge >= 0.3 is 5.97 Å². The Kier molecular flexibility index (Phi) is 6.57. The van der Waals surface area contributed by atoms with Gasteiger partial charge in [-0.05, 0) is 55.7 Å². The highest BCUT2D eigenvalue weighted by Crippen LogP contribution is 2.50. The van der Waals surface area contributed by atoms with Crippen molar-refractivity contribution in [3.8, 4) is 17.2 Å². The van der Waals surface area contributed by atoms with E-state index in [-0.39, 0.29) is 29.8 Å². The number of alkyl halides is 1. The lowest BCUT2D eigenvalue weighted by Gasteiger charge is -2.42. The van der Waals surface area contributed by atoms with Crippen LogP contribution in [-0.4, -0.2) is 22.4 Å². The standard InChI is InChI=1S/C26H27BrN2O2/c1-16-13-24-25(17(2)31-26(24)30)23(21(16)11-12-27)10-9-20-8-7-19(15-29-20)22-6-4-3-5-18(22)14-28/h3-10,15-17,21,23-25H,11-13H2,1-2H3/b10-9+/t16-,17+,21?,23-,24+,25-/m0/s1. The van der Waals surface area contributed by atoms with Gasteiger partial charge in [-0.3, -0.25) is 9.78 Å². The first-order valence-electron chi connectivity index (χ1n) is 10.9. The second-order valence-corrected chi connectivity index (χ2v) is 9.54. The lowest BCUT2D eigenvalue weighted by atomic mass is 9.61. The second-order valence-electron chi connectivity index (χ2n) is 8.75. The van der Waals surface area contributed by atoms with Crippen LogP contribution in [0, 0.1) is 40.9 Å². The molecule has 2 aliphatic rings. The van der Waals surface area contributed by atoms with Gasteiger partial charge in [-0.15, -0.1) is 0 Å². The number of ether oxygens (including phenoxy) is 1. The highest BCUT2D eigenvalue weighted by atomic mass is 79.9. The lowest BCUT2D eigenvalue weighted by molar-refractivity contribution is -0.144. The number of nitrogens with zero attached hydrogens (tertiary/aromatic N) is 2. The van der Waals surface area contributed by atoms with E-state index < -0.39 is 0 Å². The number of hydrogen-bond acceptors (Lipinski definition) is 4. The largest absolute Gasteiger partial charge is 0.462 e. The number of carbonyl (C=O) groups excluding carboxylic acids is 1. The molecule has 0 bridgehead atoms. The summed E-state index contributed by atoms with van der Waals surface area (Å²) in [7, 11) is 0. The average Bonchev–Trinajstić information content (AvgIpc) is 3.07. The summed E-state index contributed by atoms with van der Waals surface area (Å²) in [5, 5.41) is 10.3. The van der Waals surface area contributed by atoms with Crippen LogP contribution in [0.4, 0.5) is 0 Å². The minimum Gasteiger partial charge on any atom is -0.462 e. The van der Waals surface area contributed by atoms with Crippen LogP contribution in [0.1, 0.15) is 37.9 Å². The molecule has 0 amide bonds. The number of allylic oxidation sites excluding steroid dienone is 1. The summed E-state index contributed by atoms with van der Waals surface area (Å²) in [6, 6.07) is 13.8. The fourth-order valence-electron chi connectivity index (χ4n) is 5.49. The second kappa shape index (κ2) is 9.36. The molecule has 2 aromatic rings. The molecule has 1 aliphatic heterocycles. The van der Waals surface area contributed by atoms with Crippen molar-refractivity contribution in [2.75, 3.05) is 5.33 Å². The predicted octanol–water partition coefficient (Wildman–Crippen LogP) is 5.87. The van der Waals surface area contributed by atoms with Gasteiger partial charge in [-0.1, -0.05) is 53.2 Å².